The standard InChI is InChI=1S/C20H22N4O5/c1-3-29-20(28)14-4-6-16(7-5-14)21-18(26)12-24-19(27)10-15-11-23(13(2)25)9-8-17(15)22-24/h4-7,10H,3,8-9,11-12H2,1-2H3,(H,21,26). The van der Waals surface area contributed by atoms with Crippen molar-refractivity contribution in [1.29, 1.82) is 0 Å². The summed E-state index contributed by atoms with van der Waals surface area (Å²) in [5.74, 6) is -0.892. The van der Waals surface area contributed by atoms with Gasteiger partial charge in [-0.25, -0.2) is 9.48 Å². The summed E-state index contributed by atoms with van der Waals surface area (Å²) in [7, 11) is 0. The van der Waals surface area contributed by atoms with E-state index in [-0.39, 0.29) is 19.1 Å². The van der Waals surface area contributed by atoms with Crippen molar-refractivity contribution in [2.24, 2.45) is 0 Å². The maximum absolute atomic E-state index is 12.3. The molecule has 152 valence electrons. The van der Waals surface area contributed by atoms with Gasteiger partial charge in [0.2, 0.25) is 11.8 Å². The molecule has 1 aromatic heterocycles. The Kier molecular flexibility index (Phi) is 6.06. The average molecular weight is 398 g/mol. The van der Waals surface area contributed by atoms with Crippen molar-refractivity contribution in [3.8, 4) is 0 Å². The van der Waals surface area contributed by atoms with Gasteiger partial charge in [0.05, 0.1) is 17.9 Å². The van der Waals surface area contributed by atoms with Gasteiger partial charge < -0.3 is 15.0 Å². The fourth-order valence-electron chi connectivity index (χ4n) is 3.06. The molecule has 1 aromatic carbocycles. The van der Waals surface area contributed by atoms with Gasteiger partial charge in [-0.15, -0.1) is 0 Å². The second-order valence-electron chi connectivity index (χ2n) is 6.65. The van der Waals surface area contributed by atoms with Crippen LogP contribution in [0.3, 0.4) is 0 Å². The molecule has 0 radical (unpaired) electrons. The molecule has 29 heavy (non-hydrogen) atoms. The molecule has 9 nitrogen and oxygen atoms in total. The third kappa shape index (κ3) is 4.87. The maximum Gasteiger partial charge on any atom is 0.338 e. The Morgan fingerprint density at radius 2 is 1.93 bits per heavy atom. The molecule has 0 saturated carbocycles. The van der Waals surface area contributed by atoms with Crippen molar-refractivity contribution >= 4 is 23.5 Å². The van der Waals surface area contributed by atoms with Gasteiger partial charge in [-0.2, -0.15) is 5.10 Å². The first kappa shape index (κ1) is 20.2. The summed E-state index contributed by atoms with van der Waals surface area (Å²) in [4.78, 5) is 49.4. The monoisotopic (exact) mass is 398 g/mol. The lowest BCUT2D eigenvalue weighted by Crippen LogP contribution is -2.38. The fourth-order valence-corrected chi connectivity index (χ4v) is 3.06. The molecule has 1 N–H and O–H groups in total. The minimum atomic E-state index is -0.432. The second-order valence-corrected chi connectivity index (χ2v) is 6.65. The Morgan fingerprint density at radius 1 is 1.21 bits per heavy atom. The van der Waals surface area contributed by atoms with E-state index in [0.29, 0.717) is 42.0 Å². The predicted molar refractivity (Wildman–Crippen MR) is 104 cm³/mol. The zero-order chi connectivity index (χ0) is 21.0. The Morgan fingerprint density at radius 3 is 2.59 bits per heavy atom. The molecule has 1 aliphatic heterocycles. The first-order valence-electron chi connectivity index (χ1n) is 9.30. The molecule has 9 heteroatoms. The van der Waals surface area contributed by atoms with Crippen LogP contribution in [-0.2, 0) is 33.8 Å². The van der Waals surface area contributed by atoms with Gasteiger partial charge in [-0.3, -0.25) is 14.4 Å². The molecule has 0 spiro atoms. The number of aromatic nitrogens is 2. The summed E-state index contributed by atoms with van der Waals surface area (Å²) in [6, 6.07) is 7.71. The fraction of sp³-hybridized carbons (Fsp3) is 0.350. The summed E-state index contributed by atoms with van der Waals surface area (Å²) >= 11 is 0. The third-order valence-corrected chi connectivity index (χ3v) is 4.56. The van der Waals surface area contributed by atoms with E-state index >= 15 is 0 Å². The van der Waals surface area contributed by atoms with Crippen LogP contribution in [0, 0.1) is 0 Å². The Bertz CT molecular complexity index is 997. The van der Waals surface area contributed by atoms with E-state index in [1.807, 2.05) is 0 Å². The Hall–Kier alpha value is -3.49. The van der Waals surface area contributed by atoms with Crippen molar-refractivity contribution in [3.05, 3.63) is 57.5 Å². The number of carbonyl (C=O) groups is 3. The number of anilines is 1. The molecule has 2 amide bonds. The van der Waals surface area contributed by atoms with Gasteiger partial charge >= 0.3 is 5.97 Å². The average Bonchev–Trinajstić information content (AvgIpc) is 2.68. The van der Waals surface area contributed by atoms with E-state index in [0.717, 1.165) is 4.68 Å². The third-order valence-electron chi connectivity index (χ3n) is 4.56. The van der Waals surface area contributed by atoms with Gasteiger partial charge in [0, 0.05) is 43.8 Å². The molecule has 0 fully saturated rings. The van der Waals surface area contributed by atoms with Crippen LogP contribution in [0.25, 0.3) is 0 Å². The van der Waals surface area contributed by atoms with E-state index < -0.39 is 17.4 Å². The molecule has 2 heterocycles. The number of amides is 2. The van der Waals surface area contributed by atoms with Gasteiger partial charge in [-0.1, -0.05) is 0 Å². The van der Waals surface area contributed by atoms with Crippen molar-refractivity contribution in [2.75, 3.05) is 18.5 Å². The highest BCUT2D eigenvalue weighted by Gasteiger charge is 2.21. The van der Waals surface area contributed by atoms with Crippen molar-refractivity contribution in [3.63, 3.8) is 0 Å². The van der Waals surface area contributed by atoms with E-state index in [9.17, 15) is 19.2 Å². The van der Waals surface area contributed by atoms with Gasteiger partial charge in [-0.05, 0) is 31.2 Å². The van der Waals surface area contributed by atoms with Crippen LogP contribution in [0.5, 0.6) is 0 Å². The minimum Gasteiger partial charge on any atom is -0.462 e. The number of nitrogens with one attached hydrogen (secondary N) is 1. The first-order valence-corrected chi connectivity index (χ1v) is 9.30. The lowest BCUT2D eigenvalue weighted by Gasteiger charge is -2.27. The van der Waals surface area contributed by atoms with Crippen LogP contribution in [0.15, 0.2) is 35.1 Å². The van der Waals surface area contributed by atoms with Crippen LogP contribution in [0.2, 0.25) is 0 Å². The largest absolute Gasteiger partial charge is 0.462 e. The number of carbonyl (C=O) groups excluding carboxylic acids is 3. The lowest BCUT2D eigenvalue weighted by atomic mass is 10.1. The van der Waals surface area contributed by atoms with E-state index in [2.05, 4.69) is 10.4 Å². The zero-order valence-electron chi connectivity index (χ0n) is 16.3. The van der Waals surface area contributed by atoms with E-state index in [1.54, 1.807) is 36.1 Å². The predicted octanol–water partition coefficient (Wildman–Crippen LogP) is 0.963. The highest BCUT2D eigenvalue weighted by atomic mass is 16.5. The molecule has 0 aliphatic carbocycles. The summed E-state index contributed by atoms with van der Waals surface area (Å²) in [5.41, 5.74) is 1.90. The van der Waals surface area contributed by atoms with Gasteiger partial charge in [0.15, 0.2) is 0 Å². The van der Waals surface area contributed by atoms with Crippen LogP contribution in [0.4, 0.5) is 5.69 Å². The lowest BCUT2D eigenvalue weighted by molar-refractivity contribution is -0.129. The van der Waals surface area contributed by atoms with Crippen molar-refractivity contribution < 1.29 is 19.1 Å². The molecule has 2 aromatic rings. The molecule has 0 unspecified atom stereocenters. The molecule has 0 saturated heterocycles. The number of esters is 1. The van der Waals surface area contributed by atoms with Crippen molar-refractivity contribution in [1.82, 2.24) is 14.7 Å². The number of nitrogens with zero attached hydrogens (tertiary/aromatic N) is 3. The quantitative estimate of drug-likeness (QED) is 0.751. The highest BCUT2D eigenvalue weighted by Crippen LogP contribution is 2.15. The normalized spacial score (nSPS) is 12.8. The van der Waals surface area contributed by atoms with Gasteiger partial charge in [0.25, 0.3) is 5.56 Å². The molecular weight excluding hydrogens is 376 g/mol. The Labute approximate surface area is 167 Å². The SMILES string of the molecule is CCOC(=O)c1ccc(NC(=O)Cn2nc3c(cc2=O)CN(C(C)=O)CC3)cc1. The van der Waals surface area contributed by atoms with Crippen LogP contribution >= 0.6 is 0 Å². The number of benzene rings is 1. The second kappa shape index (κ2) is 8.68. The maximum atomic E-state index is 12.3. The van der Waals surface area contributed by atoms with Gasteiger partial charge in [0.1, 0.15) is 6.54 Å². The van der Waals surface area contributed by atoms with Crippen LogP contribution in [-0.4, -0.2) is 45.6 Å². The number of fused-ring (bicyclic) bond motifs is 1. The number of hydrogen-bond donors (Lipinski definition) is 1. The molecular formula is C20H22N4O5. The molecule has 3 rings (SSSR count). The molecule has 0 atom stereocenters. The summed E-state index contributed by atoms with van der Waals surface area (Å²) < 4.78 is 6.03. The van der Waals surface area contributed by atoms with E-state index in [1.165, 1.54) is 13.0 Å². The number of hydrogen-bond acceptors (Lipinski definition) is 6. The Balaban J connectivity index is 1.66. The number of rotatable bonds is 5. The zero-order valence-corrected chi connectivity index (χ0v) is 16.3. The molecule has 0 bridgehead atoms. The summed E-state index contributed by atoms with van der Waals surface area (Å²) in [6.07, 6.45) is 0.534. The summed E-state index contributed by atoms with van der Waals surface area (Å²) in [5, 5.41) is 6.96. The highest BCUT2D eigenvalue weighted by molar-refractivity contribution is 5.92. The van der Waals surface area contributed by atoms with E-state index in [4.69, 9.17) is 4.74 Å². The smallest absolute Gasteiger partial charge is 0.338 e. The topological polar surface area (TPSA) is 111 Å². The minimum absolute atomic E-state index is 0.0480. The van der Waals surface area contributed by atoms with Crippen LogP contribution in [0.1, 0.15) is 35.5 Å². The first-order chi connectivity index (χ1) is 13.9. The number of ether oxygens (including phenoxy) is 1. The van der Waals surface area contributed by atoms with Crippen molar-refractivity contribution in [2.45, 2.75) is 33.4 Å². The molecule has 1 aliphatic rings. The van der Waals surface area contributed by atoms with Crippen LogP contribution < -0.4 is 10.9 Å². The summed E-state index contributed by atoms with van der Waals surface area (Å²) in [6.45, 7) is 4.15.